The highest BCUT2D eigenvalue weighted by molar-refractivity contribution is 5.99. The fraction of sp³-hybridized carbons (Fsp3) is 0.176. The van der Waals surface area contributed by atoms with Crippen LogP contribution >= 0.6 is 0 Å². The zero-order valence-electron chi connectivity index (χ0n) is 12.1. The molecule has 4 heteroatoms. The van der Waals surface area contributed by atoms with Crippen LogP contribution in [0.4, 0.5) is 0 Å². The van der Waals surface area contributed by atoms with Crippen molar-refractivity contribution < 1.29 is 14.3 Å². The molecule has 0 spiro atoms. The van der Waals surface area contributed by atoms with Gasteiger partial charge in [0.1, 0.15) is 5.75 Å². The van der Waals surface area contributed by atoms with Crippen LogP contribution in [0.2, 0.25) is 0 Å². The molecule has 0 saturated carbocycles. The van der Waals surface area contributed by atoms with Crippen LogP contribution in [0.25, 0.3) is 0 Å². The molecule has 0 heterocycles. The predicted octanol–water partition coefficient (Wildman–Crippen LogP) is 2.66. The van der Waals surface area contributed by atoms with Gasteiger partial charge in [0.25, 0.3) is 5.91 Å². The molecule has 0 bridgehead atoms. The van der Waals surface area contributed by atoms with Crippen LogP contribution in [0.15, 0.2) is 42.5 Å². The van der Waals surface area contributed by atoms with Crippen molar-refractivity contribution in [1.82, 2.24) is 0 Å². The van der Waals surface area contributed by atoms with Crippen molar-refractivity contribution in [2.45, 2.75) is 13.8 Å². The lowest BCUT2D eigenvalue weighted by Gasteiger charge is -2.10. The van der Waals surface area contributed by atoms with E-state index < -0.39 is 5.91 Å². The van der Waals surface area contributed by atoms with E-state index in [1.54, 1.807) is 30.3 Å². The lowest BCUT2D eigenvalue weighted by molar-refractivity contribution is 0.0911. The number of nitrogens with two attached hydrogens (primary N) is 1. The average molecular weight is 283 g/mol. The Kier molecular flexibility index (Phi) is 4.38. The van der Waals surface area contributed by atoms with E-state index in [9.17, 15) is 9.59 Å². The van der Waals surface area contributed by atoms with Crippen molar-refractivity contribution in [1.29, 1.82) is 0 Å². The second kappa shape index (κ2) is 6.22. The predicted molar refractivity (Wildman–Crippen MR) is 80.7 cm³/mol. The minimum absolute atomic E-state index is 0.131. The Labute approximate surface area is 123 Å². The van der Waals surface area contributed by atoms with Gasteiger partial charge >= 0.3 is 0 Å². The number of rotatable bonds is 5. The van der Waals surface area contributed by atoms with Gasteiger partial charge in [0.05, 0.1) is 5.56 Å². The molecule has 0 saturated heterocycles. The van der Waals surface area contributed by atoms with Gasteiger partial charge in [-0.2, -0.15) is 0 Å². The van der Waals surface area contributed by atoms with Gasteiger partial charge in [-0.15, -0.1) is 0 Å². The molecule has 0 radical (unpaired) electrons. The minimum Gasteiger partial charge on any atom is -0.485 e. The first-order valence-corrected chi connectivity index (χ1v) is 6.61. The van der Waals surface area contributed by atoms with Crippen LogP contribution in [0.5, 0.6) is 5.75 Å². The maximum Gasteiger partial charge on any atom is 0.252 e. The highest BCUT2D eigenvalue weighted by Crippen LogP contribution is 2.18. The van der Waals surface area contributed by atoms with Crippen molar-refractivity contribution in [3.8, 4) is 5.75 Å². The number of ether oxygens (including phenoxy) is 1. The molecule has 0 aliphatic heterocycles. The molecule has 2 aromatic carbocycles. The van der Waals surface area contributed by atoms with Crippen LogP contribution in [0.1, 0.15) is 31.8 Å². The number of primary amides is 1. The van der Waals surface area contributed by atoms with Crippen molar-refractivity contribution in [3.05, 3.63) is 64.7 Å². The minimum atomic E-state index is -0.579. The molecule has 0 aliphatic rings. The molecule has 2 N–H and O–H groups in total. The lowest BCUT2D eigenvalue weighted by Crippen LogP contribution is -2.17. The van der Waals surface area contributed by atoms with E-state index in [4.69, 9.17) is 10.5 Å². The monoisotopic (exact) mass is 283 g/mol. The van der Waals surface area contributed by atoms with E-state index in [0.717, 1.165) is 11.1 Å². The zero-order chi connectivity index (χ0) is 15.4. The lowest BCUT2D eigenvalue weighted by atomic mass is 10.0. The van der Waals surface area contributed by atoms with Gasteiger partial charge in [0.15, 0.2) is 12.4 Å². The Balaban J connectivity index is 2.13. The molecule has 2 rings (SSSR count). The normalized spacial score (nSPS) is 10.2. The number of Topliss-reactive ketones (excluding diaryl/α,β-unsaturated/α-hetero) is 1. The third-order valence-corrected chi connectivity index (χ3v) is 3.19. The largest absolute Gasteiger partial charge is 0.485 e. The molecule has 4 nitrogen and oxygen atoms in total. The van der Waals surface area contributed by atoms with E-state index in [1.165, 1.54) is 0 Å². The Morgan fingerprint density at radius 1 is 1.05 bits per heavy atom. The number of hydrogen-bond donors (Lipinski definition) is 1. The molecule has 0 aliphatic carbocycles. The molecule has 2 aromatic rings. The molecular weight excluding hydrogens is 266 g/mol. The number of ketones is 1. The summed E-state index contributed by atoms with van der Waals surface area (Å²) in [6.45, 7) is 3.73. The fourth-order valence-corrected chi connectivity index (χ4v) is 2.14. The number of hydrogen-bond acceptors (Lipinski definition) is 3. The molecule has 0 atom stereocenters. The summed E-state index contributed by atoms with van der Waals surface area (Å²) < 4.78 is 5.45. The van der Waals surface area contributed by atoms with E-state index in [2.05, 4.69) is 0 Å². The number of amides is 1. The summed E-state index contributed by atoms with van der Waals surface area (Å²) in [6, 6.07) is 12.2. The molecule has 108 valence electrons. The fourth-order valence-electron chi connectivity index (χ4n) is 2.14. The Bertz CT molecular complexity index is 692. The van der Waals surface area contributed by atoms with E-state index >= 15 is 0 Å². The number of benzene rings is 2. The SMILES string of the molecule is Cc1ccc(C(=O)COc2ccccc2C(N)=O)c(C)c1. The number of aryl methyl sites for hydroxylation is 2. The van der Waals surface area contributed by atoms with Crippen LogP contribution in [-0.4, -0.2) is 18.3 Å². The van der Waals surface area contributed by atoms with Crippen molar-refractivity contribution in [2.75, 3.05) is 6.61 Å². The third-order valence-electron chi connectivity index (χ3n) is 3.19. The van der Waals surface area contributed by atoms with Gasteiger partial charge in [0, 0.05) is 5.56 Å². The highest BCUT2D eigenvalue weighted by atomic mass is 16.5. The molecule has 0 unspecified atom stereocenters. The summed E-state index contributed by atoms with van der Waals surface area (Å²) in [4.78, 5) is 23.5. The average Bonchev–Trinajstić information content (AvgIpc) is 2.45. The second-order valence-electron chi connectivity index (χ2n) is 4.89. The first kappa shape index (κ1) is 14.8. The van der Waals surface area contributed by atoms with Gasteiger partial charge in [-0.1, -0.05) is 35.9 Å². The highest BCUT2D eigenvalue weighted by Gasteiger charge is 2.13. The summed E-state index contributed by atoms with van der Waals surface area (Å²) in [7, 11) is 0. The molecule has 0 fully saturated rings. The number of carbonyl (C=O) groups is 2. The van der Waals surface area contributed by atoms with Gasteiger partial charge in [0.2, 0.25) is 0 Å². The molecule has 21 heavy (non-hydrogen) atoms. The van der Waals surface area contributed by atoms with Crippen LogP contribution in [0.3, 0.4) is 0 Å². The van der Waals surface area contributed by atoms with Gasteiger partial charge in [-0.3, -0.25) is 9.59 Å². The maximum atomic E-state index is 12.2. The second-order valence-corrected chi connectivity index (χ2v) is 4.89. The maximum absolute atomic E-state index is 12.2. The molecular formula is C17H17NO3. The van der Waals surface area contributed by atoms with Crippen LogP contribution in [-0.2, 0) is 0 Å². The van der Waals surface area contributed by atoms with Crippen molar-refractivity contribution in [3.63, 3.8) is 0 Å². The third kappa shape index (κ3) is 3.48. The first-order chi connectivity index (χ1) is 9.99. The summed E-state index contributed by atoms with van der Waals surface area (Å²) in [5, 5.41) is 0. The summed E-state index contributed by atoms with van der Waals surface area (Å²) in [5.74, 6) is -0.389. The number of carbonyl (C=O) groups excluding carboxylic acids is 2. The topological polar surface area (TPSA) is 69.4 Å². The zero-order valence-corrected chi connectivity index (χ0v) is 12.1. The van der Waals surface area contributed by atoms with E-state index in [0.29, 0.717) is 11.3 Å². The standard InChI is InChI=1S/C17H17NO3/c1-11-7-8-13(12(2)9-11)15(19)10-21-16-6-4-3-5-14(16)17(18)20/h3-9H,10H2,1-2H3,(H2,18,20). The van der Waals surface area contributed by atoms with Crippen LogP contribution in [0, 0.1) is 13.8 Å². The van der Waals surface area contributed by atoms with E-state index in [-0.39, 0.29) is 18.0 Å². The summed E-state index contributed by atoms with van der Waals surface area (Å²) in [6.07, 6.45) is 0. The van der Waals surface area contributed by atoms with Crippen molar-refractivity contribution in [2.24, 2.45) is 5.73 Å². The van der Waals surface area contributed by atoms with Crippen molar-refractivity contribution >= 4 is 11.7 Å². The quantitative estimate of drug-likeness (QED) is 0.858. The van der Waals surface area contributed by atoms with Crippen LogP contribution < -0.4 is 10.5 Å². The Morgan fingerprint density at radius 3 is 2.43 bits per heavy atom. The molecule has 0 aromatic heterocycles. The summed E-state index contributed by atoms with van der Waals surface area (Å²) in [5.41, 5.74) is 8.17. The molecule has 1 amide bonds. The van der Waals surface area contributed by atoms with Gasteiger partial charge in [-0.05, 0) is 31.5 Å². The smallest absolute Gasteiger partial charge is 0.252 e. The number of para-hydroxylation sites is 1. The van der Waals surface area contributed by atoms with E-state index in [1.807, 2.05) is 26.0 Å². The van der Waals surface area contributed by atoms with Gasteiger partial charge < -0.3 is 10.5 Å². The Morgan fingerprint density at radius 2 is 1.76 bits per heavy atom. The summed E-state index contributed by atoms with van der Waals surface area (Å²) >= 11 is 0. The first-order valence-electron chi connectivity index (χ1n) is 6.61. The Hall–Kier alpha value is -2.62. The van der Waals surface area contributed by atoms with Gasteiger partial charge in [-0.25, -0.2) is 0 Å².